The Hall–Kier alpha value is -2.42. The van der Waals surface area contributed by atoms with Crippen molar-refractivity contribution in [3.05, 3.63) is 27.4 Å². The predicted molar refractivity (Wildman–Crippen MR) is 94.9 cm³/mol. The summed E-state index contributed by atoms with van der Waals surface area (Å²) in [6.45, 7) is 1.66. The second kappa shape index (κ2) is 6.63. The summed E-state index contributed by atoms with van der Waals surface area (Å²) in [5.74, 6) is -2.51. The molecule has 1 N–H and O–H groups in total. The van der Waals surface area contributed by atoms with Crippen LogP contribution in [0.5, 0.6) is 0 Å². The molecule has 0 radical (unpaired) electrons. The third-order valence-corrected chi connectivity index (χ3v) is 6.04. The minimum atomic E-state index is -2.76. The molecule has 2 heterocycles. The molecule has 2 aromatic rings. The van der Waals surface area contributed by atoms with Gasteiger partial charge in [-0.15, -0.1) is 11.3 Å². The van der Waals surface area contributed by atoms with Crippen molar-refractivity contribution in [3.63, 3.8) is 0 Å². The highest BCUT2D eigenvalue weighted by Crippen LogP contribution is 2.47. The van der Waals surface area contributed by atoms with Crippen LogP contribution in [0.1, 0.15) is 41.9 Å². The number of carbonyl (C=O) groups is 2. The number of nitrogens with one attached hydrogen (secondary N) is 1. The summed E-state index contributed by atoms with van der Waals surface area (Å²) < 4.78 is 33.0. The van der Waals surface area contributed by atoms with E-state index in [2.05, 4.69) is 15.5 Å². The Balaban J connectivity index is 1.75. The molecule has 0 aromatic carbocycles. The molecule has 142 valence electrons. The summed E-state index contributed by atoms with van der Waals surface area (Å²) in [5.41, 5.74) is 2.19. The van der Waals surface area contributed by atoms with Crippen molar-refractivity contribution in [1.82, 2.24) is 10.1 Å². The van der Waals surface area contributed by atoms with Gasteiger partial charge in [0.25, 0.3) is 17.7 Å². The van der Waals surface area contributed by atoms with Crippen LogP contribution in [0.25, 0.3) is 11.5 Å². The first kappa shape index (κ1) is 18.0. The van der Waals surface area contributed by atoms with Crippen LogP contribution in [-0.4, -0.2) is 28.3 Å². The number of amides is 1. The van der Waals surface area contributed by atoms with Crippen molar-refractivity contribution in [2.45, 2.75) is 51.4 Å². The summed E-state index contributed by atoms with van der Waals surface area (Å²) in [6.07, 6.45) is 2.11. The SMILES string of the molecule is Cc1noc(-c2c(NC(=O)C3=C(C=O)CCC3)sc3c2CCC(F)(F)C3)n1. The van der Waals surface area contributed by atoms with E-state index in [1.807, 2.05) is 0 Å². The van der Waals surface area contributed by atoms with Crippen LogP contribution in [0.15, 0.2) is 15.7 Å². The second-order valence-corrected chi connectivity index (χ2v) is 7.92. The summed E-state index contributed by atoms with van der Waals surface area (Å²) in [7, 11) is 0. The maximum absolute atomic E-state index is 13.9. The van der Waals surface area contributed by atoms with Gasteiger partial charge < -0.3 is 9.84 Å². The number of carbonyl (C=O) groups excluding carboxylic acids is 2. The first-order valence-electron chi connectivity index (χ1n) is 8.69. The Morgan fingerprint density at radius 3 is 2.85 bits per heavy atom. The normalized spacial score (nSPS) is 18.5. The van der Waals surface area contributed by atoms with E-state index >= 15 is 0 Å². The average Bonchev–Trinajstić information content (AvgIpc) is 3.31. The minimum absolute atomic E-state index is 0.174. The molecule has 0 bridgehead atoms. The quantitative estimate of drug-likeness (QED) is 0.798. The molecule has 0 saturated carbocycles. The van der Waals surface area contributed by atoms with Crippen molar-refractivity contribution in [2.24, 2.45) is 0 Å². The standard InChI is InChI=1S/C18H17F2N3O3S/c1-9-21-16(26-23-9)14-12-5-6-18(19,20)7-13(12)27-17(14)22-15(25)11-4-2-3-10(11)8-24/h8H,2-7H2,1H3,(H,22,25). The van der Waals surface area contributed by atoms with Crippen LogP contribution in [0, 0.1) is 6.92 Å². The molecular formula is C18H17F2N3O3S. The number of aldehydes is 1. The zero-order valence-electron chi connectivity index (χ0n) is 14.6. The lowest BCUT2D eigenvalue weighted by molar-refractivity contribution is -0.113. The van der Waals surface area contributed by atoms with E-state index in [9.17, 15) is 18.4 Å². The van der Waals surface area contributed by atoms with Crippen molar-refractivity contribution < 1.29 is 22.9 Å². The van der Waals surface area contributed by atoms with Crippen LogP contribution in [0.3, 0.4) is 0 Å². The minimum Gasteiger partial charge on any atom is -0.334 e. The topological polar surface area (TPSA) is 85.1 Å². The fourth-order valence-electron chi connectivity index (χ4n) is 3.60. The van der Waals surface area contributed by atoms with Gasteiger partial charge in [0.1, 0.15) is 11.3 Å². The Morgan fingerprint density at radius 2 is 2.15 bits per heavy atom. The van der Waals surface area contributed by atoms with Crippen molar-refractivity contribution in [3.8, 4) is 11.5 Å². The van der Waals surface area contributed by atoms with E-state index in [1.165, 1.54) is 0 Å². The average molecular weight is 393 g/mol. The third-order valence-electron chi connectivity index (χ3n) is 4.90. The van der Waals surface area contributed by atoms with Crippen LogP contribution >= 0.6 is 11.3 Å². The highest BCUT2D eigenvalue weighted by molar-refractivity contribution is 7.17. The van der Waals surface area contributed by atoms with Crippen LogP contribution in [0.2, 0.25) is 0 Å². The number of alkyl halides is 2. The maximum Gasteiger partial charge on any atom is 0.261 e. The predicted octanol–water partition coefficient (Wildman–Crippen LogP) is 3.85. The molecule has 6 nitrogen and oxygen atoms in total. The first-order valence-corrected chi connectivity index (χ1v) is 9.51. The Bertz CT molecular complexity index is 961. The monoisotopic (exact) mass is 393 g/mol. The van der Waals surface area contributed by atoms with Crippen molar-refractivity contribution >= 4 is 28.5 Å². The number of nitrogens with zero attached hydrogens (tertiary/aromatic N) is 2. The number of anilines is 1. The molecule has 0 saturated heterocycles. The van der Waals surface area contributed by atoms with E-state index < -0.39 is 5.92 Å². The second-order valence-electron chi connectivity index (χ2n) is 6.82. The van der Waals surface area contributed by atoms with Crippen molar-refractivity contribution in [2.75, 3.05) is 5.32 Å². The number of hydrogen-bond acceptors (Lipinski definition) is 6. The third kappa shape index (κ3) is 3.31. The van der Waals surface area contributed by atoms with Crippen LogP contribution in [-0.2, 0) is 22.4 Å². The van der Waals surface area contributed by atoms with E-state index in [0.717, 1.165) is 23.3 Å². The molecule has 2 aromatic heterocycles. The number of rotatable bonds is 4. The molecule has 4 rings (SSSR count). The van der Waals surface area contributed by atoms with Gasteiger partial charge in [0, 0.05) is 28.9 Å². The lowest BCUT2D eigenvalue weighted by atomic mass is 9.92. The summed E-state index contributed by atoms with van der Waals surface area (Å²) in [5, 5.41) is 6.99. The zero-order chi connectivity index (χ0) is 19.2. The van der Waals surface area contributed by atoms with Gasteiger partial charge in [0.05, 0.1) is 5.56 Å². The van der Waals surface area contributed by atoms with Gasteiger partial charge in [0.2, 0.25) is 0 Å². The highest BCUT2D eigenvalue weighted by atomic mass is 32.1. The molecule has 0 spiro atoms. The van der Waals surface area contributed by atoms with Crippen molar-refractivity contribution in [1.29, 1.82) is 0 Å². The zero-order valence-corrected chi connectivity index (χ0v) is 15.4. The molecule has 0 aliphatic heterocycles. The van der Waals surface area contributed by atoms with E-state index in [0.29, 0.717) is 51.5 Å². The van der Waals surface area contributed by atoms with Gasteiger partial charge >= 0.3 is 0 Å². The molecular weight excluding hydrogens is 376 g/mol. The number of halogens is 2. The molecule has 9 heteroatoms. The number of allylic oxidation sites excluding steroid dienone is 1. The number of hydrogen-bond donors (Lipinski definition) is 1. The van der Waals surface area contributed by atoms with Gasteiger partial charge in [0.15, 0.2) is 5.82 Å². The molecule has 1 amide bonds. The number of aryl methyl sites for hydroxylation is 1. The van der Waals surface area contributed by atoms with Gasteiger partial charge in [-0.2, -0.15) is 4.98 Å². The lowest BCUT2D eigenvalue weighted by Crippen LogP contribution is -2.24. The Kier molecular flexibility index (Phi) is 4.41. The fraction of sp³-hybridized carbons (Fsp3) is 0.444. The van der Waals surface area contributed by atoms with E-state index in [1.54, 1.807) is 6.92 Å². The number of thiophene rings is 1. The Labute approximate surface area is 157 Å². The Morgan fingerprint density at radius 1 is 1.33 bits per heavy atom. The smallest absolute Gasteiger partial charge is 0.261 e. The molecule has 0 atom stereocenters. The molecule has 0 fully saturated rings. The largest absolute Gasteiger partial charge is 0.334 e. The number of aromatic nitrogens is 2. The molecule has 27 heavy (non-hydrogen) atoms. The van der Waals surface area contributed by atoms with Crippen LogP contribution < -0.4 is 5.32 Å². The molecule has 0 unspecified atom stereocenters. The van der Waals surface area contributed by atoms with E-state index in [-0.39, 0.29) is 31.1 Å². The van der Waals surface area contributed by atoms with Gasteiger partial charge in [-0.3, -0.25) is 9.59 Å². The molecule has 2 aliphatic carbocycles. The van der Waals surface area contributed by atoms with Gasteiger partial charge in [-0.25, -0.2) is 8.78 Å². The summed E-state index contributed by atoms with van der Waals surface area (Å²) in [6, 6.07) is 0. The van der Waals surface area contributed by atoms with Crippen LogP contribution in [0.4, 0.5) is 13.8 Å². The summed E-state index contributed by atoms with van der Waals surface area (Å²) >= 11 is 1.11. The summed E-state index contributed by atoms with van der Waals surface area (Å²) in [4.78, 5) is 28.6. The maximum atomic E-state index is 13.9. The fourth-order valence-corrected chi connectivity index (χ4v) is 4.91. The van der Waals surface area contributed by atoms with E-state index in [4.69, 9.17) is 4.52 Å². The van der Waals surface area contributed by atoms with Gasteiger partial charge in [-0.1, -0.05) is 5.16 Å². The highest BCUT2D eigenvalue weighted by Gasteiger charge is 2.38. The van der Waals surface area contributed by atoms with Gasteiger partial charge in [-0.05, 0) is 38.2 Å². The lowest BCUT2D eigenvalue weighted by Gasteiger charge is -2.21. The molecule has 2 aliphatic rings. The first-order chi connectivity index (χ1) is 12.9. The number of fused-ring (bicyclic) bond motifs is 1.